The molecular formula is C19H16O4. The largest absolute Gasteiger partial charge is 0.508 e. The van der Waals surface area contributed by atoms with Gasteiger partial charge in [-0.2, -0.15) is 0 Å². The molecule has 0 atom stereocenters. The Hall–Kier alpha value is -3.27. The summed E-state index contributed by atoms with van der Waals surface area (Å²) >= 11 is 0. The second kappa shape index (κ2) is 7.66. The fourth-order valence-corrected chi connectivity index (χ4v) is 1.86. The minimum absolute atomic E-state index is 0.118. The molecule has 0 aliphatic heterocycles. The molecule has 4 heteroatoms. The Morgan fingerprint density at radius 3 is 1.87 bits per heavy atom. The zero-order valence-electron chi connectivity index (χ0n) is 12.3. The first-order valence-corrected chi connectivity index (χ1v) is 6.92. The van der Waals surface area contributed by atoms with Crippen LogP contribution in [-0.4, -0.2) is 21.1 Å². The Morgan fingerprint density at radius 1 is 0.826 bits per heavy atom. The summed E-state index contributed by atoms with van der Waals surface area (Å²) in [5.74, 6) is -0.335. The highest BCUT2D eigenvalue weighted by Gasteiger charge is 1.96. The van der Waals surface area contributed by atoms with Crippen molar-refractivity contribution in [3.8, 4) is 11.5 Å². The van der Waals surface area contributed by atoms with Crippen LogP contribution < -0.4 is 0 Å². The molecule has 0 bridgehead atoms. The van der Waals surface area contributed by atoms with Crippen molar-refractivity contribution in [2.45, 2.75) is 0 Å². The molecule has 0 aromatic heterocycles. The molecule has 0 aliphatic carbocycles. The highest BCUT2D eigenvalue weighted by atomic mass is 16.3. The first-order chi connectivity index (χ1) is 11.0. The lowest BCUT2D eigenvalue weighted by Crippen LogP contribution is -1.88. The number of carbonyl (C=O) groups is 1. The fourth-order valence-electron chi connectivity index (χ4n) is 1.86. The average Bonchev–Trinajstić information content (AvgIpc) is 2.51. The van der Waals surface area contributed by atoms with Gasteiger partial charge in [-0.1, -0.05) is 36.4 Å². The van der Waals surface area contributed by atoms with E-state index in [1.54, 1.807) is 42.5 Å². The molecule has 116 valence electrons. The van der Waals surface area contributed by atoms with E-state index in [0.717, 1.165) is 6.08 Å². The van der Waals surface area contributed by atoms with E-state index in [-0.39, 0.29) is 23.0 Å². The van der Waals surface area contributed by atoms with Crippen molar-refractivity contribution in [2.75, 3.05) is 0 Å². The Labute approximate surface area is 134 Å². The molecule has 3 N–H and O–H groups in total. The first-order valence-electron chi connectivity index (χ1n) is 6.92. The number of phenolic OH excluding ortho intramolecular Hbond substituents is 2. The molecule has 23 heavy (non-hydrogen) atoms. The van der Waals surface area contributed by atoms with E-state index >= 15 is 0 Å². The van der Waals surface area contributed by atoms with Gasteiger partial charge in [0.05, 0.1) is 0 Å². The molecule has 0 aliphatic rings. The maximum Gasteiger partial charge on any atom is 0.182 e. The van der Waals surface area contributed by atoms with Crippen LogP contribution >= 0.6 is 0 Å². The van der Waals surface area contributed by atoms with Crippen molar-refractivity contribution in [2.24, 2.45) is 0 Å². The normalized spacial score (nSPS) is 12.1. The number of aliphatic hydroxyl groups excluding tert-OH is 1. The van der Waals surface area contributed by atoms with Gasteiger partial charge >= 0.3 is 0 Å². The third-order valence-electron chi connectivity index (χ3n) is 2.92. The van der Waals surface area contributed by atoms with Crippen molar-refractivity contribution in [3.63, 3.8) is 0 Å². The van der Waals surface area contributed by atoms with Gasteiger partial charge in [0.25, 0.3) is 0 Å². The number of carbonyl (C=O) groups excluding carboxylic acids is 1. The predicted molar refractivity (Wildman–Crippen MR) is 90.0 cm³/mol. The molecule has 0 radical (unpaired) electrons. The van der Waals surface area contributed by atoms with Gasteiger partial charge in [-0.05, 0) is 47.5 Å². The van der Waals surface area contributed by atoms with Crippen molar-refractivity contribution in [3.05, 3.63) is 83.6 Å². The van der Waals surface area contributed by atoms with Gasteiger partial charge in [-0.15, -0.1) is 0 Å². The van der Waals surface area contributed by atoms with Crippen LogP contribution in [-0.2, 0) is 4.79 Å². The lowest BCUT2D eigenvalue weighted by atomic mass is 10.1. The smallest absolute Gasteiger partial charge is 0.182 e. The van der Waals surface area contributed by atoms with E-state index in [1.807, 2.05) is 0 Å². The van der Waals surface area contributed by atoms with Gasteiger partial charge < -0.3 is 15.3 Å². The SMILES string of the molecule is O=C(C=C(O)/C=C/c1cccc(O)c1)/C=C/c1cccc(O)c1. The van der Waals surface area contributed by atoms with E-state index < -0.39 is 0 Å². The lowest BCUT2D eigenvalue weighted by molar-refractivity contribution is -0.110. The van der Waals surface area contributed by atoms with Crippen LogP contribution in [0, 0.1) is 0 Å². The summed E-state index contributed by atoms with van der Waals surface area (Å²) in [6, 6.07) is 13.0. The van der Waals surface area contributed by atoms with Gasteiger partial charge in [0.15, 0.2) is 5.78 Å². The summed E-state index contributed by atoms with van der Waals surface area (Å²) < 4.78 is 0. The number of hydrogen-bond donors (Lipinski definition) is 3. The number of aromatic hydroxyl groups is 2. The Kier molecular flexibility index (Phi) is 5.36. The zero-order chi connectivity index (χ0) is 16.7. The number of aliphatic hydroxyl groups is 1. The van der Waals surface area contributed by atoms with Gasteiger partial charge in [-0.25, -0.2) is 0 Å². The number of hydrogen-bond acceptors (Lipinski definition) is 4. The van der Waals surface area contributed by atoms with Gasteiger partial charge in [0, 0.05) is 6.08 Å². The van der Waals surface area contributed by atoms with Gasteiger partial charge in [-0.3, -0.25) is 4.79 Å². The van der Waals surface area contributed by atoms with E-state index in [2.05, 4.69) is 0 Å². The van der Waals surface area contributed by atoms with E-state index in [4.69, 9.17) is 0 Å². The Balaban J connectivity index is 2.01. The molecule has 4 nitrogen and oxygen atoms in total. The molecule has 2 rings (SSSR count). The van der Waals surface area contributed by atoms with Crippen LogP contribution in [0.1, 0.15) is 11.1 Å². The highest BCUT2D eigenvalue weighted by Crippen LogP contribution is 2.13. The molecule has 0 unspecified atom stereocenters. The standard InChI is InChI=1S/C19H16O4/c20-16-5-1-3-14(11-16)7-9-18(22)13-19(23)10-8-15-4-2-6-17(21)12-15/h1-13,20-22H/b9-7+,10-8+,18-13?. The number of ketones is 1. The molecular weight excluding hydrogens is 292 g/mol. The molecule has 0 amide bonds. The monoisotopic (exact) mass is 308 g/mol. The van der Waals surface area contributed by atoms with Crippen molar-refractivity contribution >= 4 is 17.9 Å². The lowest BCUT2D eigenvalue weighted by Gasteiger charge is -1.95. The van der Waals surface area contributed by atoms with Gasteiger partial charge in [0.2, 0.25) is 0 Å². The molecule has 0 saturated carbocycles. The van der Waals surface area contributed by atoms with Crippen LogP contribution in [0.25, 0.3) is 12.2 Å². The van der Waals surface area contributed by atoms with Crippen LogP contribution in [0.5, 0.6) is 11.5 Å². The maximum absolute atomic E-state index is 11.7. The number of allylic oxidation sites excluding steroid dienone is 3. The van der Waals surface area contributed by atoms with Gasteiger partial charge in [0.1, 0.15) is 17.3 Å². The molecule has 0 spiro atoms. The quantitative estimate of drug-likeness (QED) is 0.445. The average molecular weight is 308 g/mol. The summed E-state index contributed by atoms with van der Waals surface area (Å²) in [4.78, 5) is 11.7. The second-order valence-electron chi connectivity index (χ2n) is 4.83. The molecule has 0 heterocycles. The van der Waals surface area contributed by atoms with Crippen molar-refractivity contribution < 1.29 is 20.1 Å². The fraction of sp³-hybridized carbons (Fsp3) is 0. The summed E-state index contributed by atoms with van der Waals surface area (Å²) in [6.45, 7) is 0. The molecule has 0 fully saturated rings. The van der Waals surface area contributed by atoms with Crippen LogP contribution in [0.2, 0.25) is 0 Å². The number of benzene rings is 2. The van der Waals surface area contributed by atoms with Crippen LogP contribution in [0.15, 0.2) is 72.5 Å². The minimum atomic E-state index is -0.383. The molecule has 0 saturated heterocycles. The number of phenols is 2. The molecule has 2 aromatic rings. The van der Waals surface area contributed by atoms with E-state index in [0.29, 0.717) is 11.1 Å². The Morgan fingerprint density at radius 2 is 1.35 bits per heavy atom. The third-order valence-corrected chi connectivity index (χ3v) is 2.92. The first kappa shape index (κ1) is 16.1. The zero-order valence-corrected chi connectivity index (χ0v) is 12.3. The van der Waals surface area contributed by atoms with Crippen molar-refractivity contribution in [1.82, 2.24) is 0 Å². The maximum atomic E-state index is 11.7. The summed E-state index contributed by atoms with van der Waals surface area (Å²) in [5, 5.41) is 28.4. The summed E-state index contributed by atoms with van der Waals surface area (Å²) in [7, 11) is 0. The highest BCUT2D eigenvalue weighted by molar-refractivity contribution is 6.02. The minimum Gasteiger partial charge on any atom is -0.508 e. The third kappa shape index (κ3) is 5.55. The van der Waals surface area contributed by atoms with Crippen LogP contribution in [0.4, 0.5) is 0 Å². The van der Waals surface area contributed by atoms with E-state index in [9.17, 15) is 20.1 Å². The predicted octanol–water partition coefficient (Wildman–Crippen LogP) is 3.84. The van der Waals surface area contributed by atoms with Crippen LogP contribution in [0.3, 0.4) is 0 Å². The van der Waals surface area contributed by atoms with E-state index in [1.165, 1.54) is 30.4 Å². The van der Waals surface area contributed by atoms with Crippen molar-refractivity contribution in [1.29, 1.82) is 0 Å². The topological polar surface area (TPSA) is 77.8 Å². The number of rotatable bonds is 5. The molecule has 2 aromatic carbocycles. The summed E-state index contributed by atoms with van der Waals surface area (Å²) in [5.41, 5.74) is 1.38. The summed E-state index contributed by atoms with van der Waals surface area (Å²) in [6.07, 6.45) is 6.88. The Bertz CT molecular complexity index is 785. The second-order valence-corrected chi connectivity index (χ2v) is 4.83.